The summed E-state index contributed by atoms with van der Waals surface area (Å²) in [5.74, 6) is 0.371. The first kappa shape index (κ1) is 21.2. The van der Waals surface area contributed by atoms with Crippen molar-refractivity contribution in [3.8, 4) is 0 Å². The topological polar surface area (TPSA) is 106 Å². The molecule has 2 atom stereocenters. The van der Waals surface area contributed by atoms with Gasteiger partial charge in [-0.2, -0.15) is 0 Å². The molecule has 0 saturated carbocycles. The van der Waals surface area contributed by atoms with Crippen LogP contribution in [-0.2, 0) is 16.1 Å². The number of cyclic esters (lactones) is 1. The third-order valence-corrected chi connectivity index (χ3v) is 7.59. The van der Waals surface area contributed by atoms with E-state index >= 15 is 0 Å². The number of hydrogen-bond donors (Lipinski definition) is 2. The fourth-order valence-electron chi connectivity index (χ4n) is 4.90. The number of ether oxygens (including phenoxy) is 1. The van der Waals surface area contributed by atoms with Gasteiger partial charge in [0.25, 0.3) is 5.56 Å². The number of aromatic nitrogens is 2. The standard InChI is InChI=1S/C24H23N5O4S/c30-21-13-34-20-7-6-14(9-18(20)27-21)28-11-15(33-24(28)32)3-2-8-25-19-12-29-22(31)10-26-17-5-1-4-16(19)23(17)29/h1,4-7,9-10,15,19,25H,2-3,8,11-13H2,(H,27,30)/t15-,19-/m1/s1. The van der Waals surface area contributed by atoms with Crippen LogP contribution < -0.4 is 21.1 Å². The van der Waals surface area contributed by atoms with Crippen LogP contribution in [0.15, 0.2) is 52.3 Å². The van der Waals surface area contributed by atoms with Crippen molar-refractivity contribution < 1.29 is 14.3 Å². The van der Waals surface area contributed by atoms with Crippen LogP contribution in [0.4, 0.5) is 16.2 Å². The van der Waals surface area contributed by atoms with Crippen molar-refractivity contribution in [2.24, 2.45) is 0 Å². The molecule has 6 rings (SSSR count). The summed E-state index contributed by atoms with van der Waals surface area (Å²) in [6, 6.07) is 11.7. The van der Waals surface area contributed by atoms with E-state index in [0.717, 1.165) is 52.3 Å². The van der Waals surface area contributed by atoms with E-state index in [-0.39, 0.29) is 29.7 Å². The number of thioether (sulfide) groups is 1. The van der Waals surface area contributed by atoms with Gasteiger partial charge >= 0.3 is 6.09 Å². The number of amides is 2. The molecule has 0 bridgehead atoms. The average Bonchev–Trinajstić information content (AvgIpc) is 3.40. The molecule has 2 amide bonds. The van der Waals surface area contributed by atoms with E-state index in [0.29, 0.717) is 18.8 Å². The lowest BCUT2D eigenvalue weighted by Crippen LogP contribution is -2.27. The highest BCUT2D eigenvalue weighted by Gasteiger charge is 2.33. The predicted octanol–water partition coefficient (Wildman–Crippen LogP) is 2.89. The van der Waals surface area contributed by atoms with Gasteiger partial charge in [-0.25, -0.2) is 9.78 Å². The zero-order valence-corrected chi connectivity index (χ0v) is 19.1. The quantitative estimate of drug-likeness (QED) is 0.526. The highest BCUT2D eigenvalue weighted by molar-refractivity contribution is 8.00. The average molecular weight is 478 g/mol. The number of carbonyl (C=O) groups is 2. The Labute approximate surface area is 199 Å². The van der Waals surface area contributed by atoms with Crippen LogP contribution in [0.3, 0.4) is 0 Å². The molecule has 1 saturated heterocycles. The van der Waals surface area contributed by atoms with Crippen LogP contribution in [0.25, 0.3) is 11.0 Å². The summed E-state index contributed by atoms with van der Waals surface area (Å²) >= 11 is 1.49. The zero-order chi connectivity index (χ0) is 23.2. The second kappa shape index (κ2) is 8.44. The van der Waals surface area contributed by atoms with Gasteiger partial charge in [0.1, 0.15) is 6.10 Å². The van der Waals surface area contributed by atoms with Crippen LogP contribution in [0.1, 0.15) is 24.4 Å². The van der Waals surface area contributed by atoms with Gasteiger partial charge in [-0.05, 0) is 49.2 Å². The number of nitrogens with one attached hydrogen (secondary N) is 2. The van der Waals surface area contributed by atoms with Gasteiger partial charge < -0.3 is 19.9 Å². The Kier molecular flexibility index (Phi) is 5.26. The smallest absolute Gasteiger partial charge is 0.414 e. The maximum Gasteiger partial charge on any atom is 0.414 e. The number of fused-ring (bicyclic) bond motifs is 1. The fourth-order valence-corrected chi connectivity index (χ4v) is 5.69. The fraction of sp³-hybridized carbons (Fsp3) is 0.333. The molecule has 2 N–H and O–H groups in total. The molecule has 10 heteroatoms. The Bertz CT molecular complexity index is 1370. The maximum atomic E-state index is 12.5. The minimum Gasteiger partial charge on any atom is -0.444 e. The lowest BCUT2D eigenvalue weighted by molar-refractivity contribution is -0.113. The summed E-state index contributed by atoms with van der Waals surface area (Å²) in [7, 11) is 0. The van der Waals surface area contributed by atoms with Gasteiger partial charge in [0.15, 0.2) is 0 Å². The zero-order valence-electron chi connectivity index (χ0n) is 18.3. The van der Waals surface area contributed by atoms with Crippen LogP contribution in [0, 0.1) is 0 Å². The summed E-state index contributed by atoms with van der Waals surface area (Å²) < 4.78 is 7.37. The van der Waals surface area contributed by atoms with E-state index in [1.807, 2.05) is 36.4 Å². The molecule has 34 heavy (non-hydrogen) atoms. The first-order chi connectivity index (χ1) is 16.6. The lowest BCUT2D eigenvalue weighted by atomic mass is 10.1. The Morgan fingerprint density at radius 2 is 2.09 bits per heavy atom. The minimum atomic E-state index is -0.363. The second-order valence-corrected chi connectivity index (χ2v) is 9.72. The number of benzene rings is 2. The highest BCUT2D eigenvalue weighted by Crippen LogP contribution is 2.36. The van der Waals surface area contributed by atoms with Crippen molar-refractivity contribution in [3.63, 3.8) is 0 Å². The molecule has 4 heterocycles. The molecule has 3 aromatic rings. The van der Waals surface area contributed by atoms with Gasteiger partial charge in [-0.3, -0.25) is 14.5 Å². The molecule has 1 fully saturated rings. The first-order valence-electron chi connectivity index (χ1n) is 11.3. The molecule has 0 radical (unpaired) electrons. The number of hydrogen-bond acceptors (Lipinski definition) is 7. The Morgan fingerprint density at radius 1 is 1.18 bits per heavy atom. The molecule has 3 aliphatic rings. The summed E-state index contributed by atoms with van der Waals surface area (Å²) in [4.78, 5) is 43.3. The van der Waals surface area contributed by atoms with E-state index in [4.69, 9.17) is 4.74 Å². The van der Waals surface area contributed by atoms with Crippen LogP contribution in [0.5, 0.6) is 0 Å². The number of para-hydroxylation sites is 1. The molecule has 1 aromatic heterocycles. The molecule has 0 unspecified atom stereocenters. The van der Waals surface area contributed by atoms with Crippen molar-refractivity contribution in [1.82, 2.24) is 14.9 Å². The maximum absolute atomic E-state index is 12.5. The van der Waals surface area contributed by atoms with E-state index < -0.39 is 0 Å². The highest BCUT2D eigenvalue weighted by atomic mass is 32.2. The molecule has 0 aliphatic carbocycles. The third kappa shape index (κ3) is 3.72. The van der Waals surface area contributed by atoms with Gasteiger partial charge in [-0.1, -0.05) is 12.1 Å². The first-order valence-corrected chi connectivity index (χ1v) is 12.3. The molecular weight excluding hydrogens is 454 g/mol. The minimum absolute atomic E-state index is 0.0354. The monoisotopic (exact) mass is 477 g/mol. The van der Waals surface area contributed by atoms with Crippen molar-refractivity contribution in [2.45, 2.75) is 36.4 Å². The second-order valence-electron chi connectivity index (χ2n) is 8.70. The summed E-state index contributed by atoms with van der Waals surface area (Å²) in [5, 5.41) is 6.41. The largest absolute Gasteiger partial charge is 0.444 e. The number of anilines is 2. The molecule has 0 spiro atoms. The summed E-state index contributed by atoms with van der Waals surface area (Å²) in [6.07, 6.45) is 2.39. The van der Waals surface area contributed by atoms with Crippen molar-refractivity contribution in [1.29, 1.82) is 0 Å². The molecule has 2 aromatic carbocycles. The predicted molar refractivity (Wildman–Crippen MR) is 129 cm³/mol. The molecule has 9 nitrogen and oxygen atoms in total. The van der Waals surface area contributed by atoms with E-state index in [9.17, 15) is 14.4 Å². The third-order valence-electron chi connectivity index (χ3n) is 6.51. The van der Waals surface area contributed by atoms with Crippen molar-refractivity contribution in [2.75, 3.05) is 29.1 Å². The molecule has 3 aliphatic heterocycles. The number of rotatable bonds is 6. The van der Waals surface area contributed by atoms with Gasteiger partial charge in [0.2, 0.25) is 5.91 Å². The van der Waals surface area contributed by atoms with Crippen molar-refractivity contribution >= 4 is 46.2 Å². The molecule has 174 valence electrons. The normalized spacial score (nSPS) is 21.0. The van der Waals surface area contributed by atoms with E-state index in [1.165, 1.54) is 18.0 Å². The Hall–Kier alpha value is -3.37. The Morgan fingerprint density at radius 3 is 3.00 bits per heavy atom. The van der Waals surface area contributed by atoms with Gasteiger partial charge in [-0.15, -0.1) is 11.8 Å². The Balaban J connectivity index is 1.05. The number of nitrogens with zero attached hydrogens (tertiary/aromatic N) is 3. The summed E-state index contributed by atoms with van der Waals surface area (Å²) in [5.41, 5.74) is 4.22. The number of carbonyl (C=O) groups excluding carboxylic acids is 2. The van der Waals surface area contributed by atoms with E-state index in [2.05, 4.69) is 15.6 Å². The lowest BCUT2D eigenvalue weighted by Gasteiger charge is -2.20. The van der Waals surface area contributed by atoms with E-state index in [1.54, 1.807) is 9.47 Å². The molecular formula is C24H23N5O4S. The SMILES string of the molecule is O=C1CSc2ccc(N3C[C@@H](CCCN[C@@H]4Cn5c(=O)cnc6cccc4c65)OC3=O)cc2N1. The van der Waals surface area contributed by atoms with Crippen LogP contribution >= 0.6 is 11.8 Å². The van der Waals surface area contributed by atoms with Gasteiger partial charge in [0.05, 0.1) is 41.3 Å². The summed E-state index contributed by atoms with van der Waals surface area (Å²) in [6.45, 7) is 1.82. The van der Waals surface area contributed by atoms with Gasteiger partial charge in [0, 0.05) is 17.1 Å². The van der Waals surface area contributed by atoms with Crippen molar-refractivity contribution in [3.05, 3.63) is 58.5 Å². The van der Waals surface area contributed by atoms with Crippen LogP contribution in [0.2, 0.25) is 0 Å². The van der Waals surface area contributed by atoms with Crippen LogP contribution in [-0.4, -0.2) is 46.5 Å².